The number of aryl methyl sites for hydroxylation is 1. The van der Waals surface area contributed by atoms with Gasteiger partial charge in [-0.2, -0.15) is 13.2 Å². The van der Waals surface area contributed by atoms with Gasteiger partial charge in [-0.15, -0.1) is 5.10 Å². The molecule has 0 aliphatic rings. The summed E-state index contributed by atoms with van der Waals surface area (Å²) in [5.41, 5.74) is -1.72. The van der Waals surface area contributed by atoms with Gasteiger partial charge in [0.25, 0.3) is 5.91 Å². The molecule has 0 radical (unpaired) electrons. The molecule has 0 aliphatic heterocycles. The Kier molecular flexibility index (Phi) is 5.99. The largest absolute Gasteiger partial charge is 0.435 e. The van der Waals surface area contributed by atoms with Crippen LogP contribution in [-0.4, -0.2) is 50.3 Å². The smallest absolute Gasteiger partial charge is 0.331 e. The quantitative estimate of drug-likeness (QED) is 0.621. The monoisotopic (exact) mass is 436 g/mol. The van der Waals surface area contributed by atoms with Crippen molar-refractivity contribution < 1.29 is 27.2 Å². The number of hydrogen-bond donors (Lipinski definition) is 1. The van der Waals surface area contributed by atoms with Crippen molar-refractivity contribution in [2.24, 2.45) is 0 Å². The fourth-order valence-corrected chi connectivity index (χ4v) is 2.70. The van der Waals surface area contributed by atoms with Crippen LogP contribution in [0.3, 0.4) is 0 Å². The average Bonchev–Trinajstić information content (AvgIpc) is 3.13. The van der Waals surface area contributed by atoms with Crippen LogP contribution >= 0.6 is 0 Å². The van der Waals surface area contributed by atoms with E-state index in [2.05, 4.69) is 20.6 Å². The number of hydrogen-bond acceptors (Lipinski definition) is 5. The molecule has 0 bridgehead atoms. The summed E-state index contributed by atoms with van der Waals surface area (Å²) < 4.78 is 54.6. The van der Waals surface area contributed by atoms with E-state index < -0.39 is 41.7 Å². The maximum absolute atomic E-state index is 13.7. The standard InChI is InChI=1S/C19H16F4N6O2/c1-11-7-8-24-14(9-11)25-15(30)10-28(2)18(31)16-17(19(21,22)23)29(27-26-16)13-5-3-12(20)4-6-13/h3-9H,10H2,1-2H3,(H,24,25,30). The number of pyridine rings is 1. The molecule has 31 heavy (non-hydrogen) atoms. The first-order valence-corrected chi connectivity index (χ1v) is 8.83. The highest BCUT2D eigenvalue weighted by Crippen LogP contribution is 2.33. The van der Waals surface area contributed by atoms with Gasteiger partial charge >= 0.3 is 6.18 Å². The molecule has 3 aromatic rings. The van der Waals surface area contributed by atoms with Crippen LogP contribution in [0.25, 0.3) is 5.69 Å². The molecule has 8 nitrogen and oxygen atoms in total. The van der Waals surface area contributed by atoms with Crippen LogP contribution in [0.4, 0.5) is 23.4 Å². The van der Waals surface area contributed by atoms with Crippen LogP contribution in [0.15, 0.2) is 42.6 Å². The predicted molar refractivity (Wildman–Crippen MR) is 101 cm³/mol. The van der Waals surface area contributed by atoms with E-state index in [0.29, 0.717) is 4.68 Å². The lowest BCUT2D eigenvalue weighted by Crippen LogP contribution is -2.36. The van der Waals surface area contributed by atoms with E-state index in [1.54, 1.807) is 19.1 Å². The van der Waals surface area contributed by atoms with E-state index in [4.69, 9.17) is 0 Å². The molecule has 3 rings (SSSR count). The number of nitrogens with one attached hydrogen (secondary N) is 1. The summed E-state index contributed by atoms with van der Waals surface area (Å²) >= 11 is 0. The number of halogens is 4. The lowest BCUT2D eigenvalue weighted by atomic mass is 10.2. The fraction of sp³-hybridized carbons (Fsp3) is 0.211. The van der Waals surface area contributed by atoms with Crippen molar-refractivity contribution in [1.29, 1.82) is 0 Å². The zero-order valence-electron chi connectivity index (χ0n) is 16.3. The second-order valence-electron chi connectivity index (χ2n) is 6.60. The predicted octanol–water partition coefficient (Wildman–Crippen LogP) is 2.84. The number of aromatic nitrogens is 4. The van der Waals surface area contributed by atoms with E-state index in [-0.39, 0.29) is 11.5 Å². The Bertz CT molecular complexity index is 1110. The molecule has 2 heterocycles. The first kappa shape index (κ1) is 21.9. The number of anilines is 1. The normalized spacial score (nSPS) is 11.3. The van der Waals surface area contributed by atoms with Gasteiger partial charge < -0.3 is 10.2 Å². The number of carbonyl (C=O) groups excluding carboxylic acids is 2. The second kappa shape index (κ2) is 8.50. The Morgan fingerprint density at radius 3 is 2.45 bits per heavy atom. The van der Waals surface area contributed by atoms with E-state index in [0.717, 1.165) is 41.8 Å². The molecular weight excluding hydrogens is 420 g/mol. The molecule has 1 aromatic carbocycles. The van der Waals surface area contributed by atoms with Gasteiger partial charge in [0, 0.05) is 13.2 Å². The third kappa shape index (κ3) is 5.02. The van der Waals surface area contributed by atoms with Gasteiger partial charge in [0.05, 0.1) is 12.2 Å². The zero-order valence-corrected chi connectivity index (χ0v) is 16.3. The third-order valence-electron chi connectivity index (χ3n) is 4.12. The summed E-state index contributed by atoms with van der Waals surface area (Å²) in [6.45, 7) is 1.24. The highest BCUT2D eigenvalue weighted by molar-refractivity contribution is 5.98. The van der Waals surface area contributed by atoms with Crippen LogP contribution in [0, 0.1) is 12.7 Å². The summed E-state index contributed by atoms with van der Waals surface area (Å²) in [5.74, 6) is -2.23. The molecule has 0 fully saturated rings. The van der Waals surface area contributed by atoms with Gasteiger partial charge in [-0.1, -0.05) is 5.21 Å². The van der Waals surface area contributed by atoms with Crippen molar-refractivity contribution in [1.82, 2.24) is 24.9 Å². The van der Waals surface area contributed by atoms with E-state index in [1.807, 2.05) is 0 Å². The minimum atomic E-state index is -4.99. The summed E-state index contributed by atoms with van der Waals surface area (Å²) in [6.07, 6.45) is -3.51. The lowest BCUT2D eigenvalue weighted by molar-refractivity contribution is -0.143. The first-order valence-electron chi connectivity index (χ1n) is 8.83. The summed E-state index contributed by atoms with van der Waals surface area (Å²) in [4.78, 5) is 29.5. The Labute approximate surface area is 173 Å². The molecule has 162 valence electrons. The van der Waals surface area contributed by atoms with Crippen LogP contribution in [0.2, 0.25) is 0 Å². The van der Waals surface area contributed by atoms with Crippen molar-refractivity contribution in [2.75, 3.05) is 18.9 Å². The molecular formula is C19H16F4N6O2. The molecule has 2 amide bonds. The topological polar surface area (TPSA) is 93.0 Å². The molecule has 12 heteroatoms. The van der Waals surface area contributed by atoms with Crippen LogP contribution in [0.1, 0.15) is 21.7 Å². The van der Waals surface area contributed by atoms with Gasteiger partial charge in [0.15, 0.2) is 11.4 Å². The molecule has 2 aromatic heterocycles. The highest BCUT2D eigenvalue weighted by atomic mass is 19.4. The summed E-state index contributed by atoms with van der Waals surface area (Å²) in [6, 6.07) is 7.35. The van der Waals surface area contributed by atoms with Crippen molar-refractivity contribution in [2.45, 2.75) is 13.1 Å². The van der Waals surface area contributed by atoms with Crippen molar-refractivity contribution in [3.63, 3.8) is 0 Å². The number of nitrogens with zero attached hydrogens (tertiary/aromatic N) is 5. The maximum atomic E-state index is 13.7. The number of likely N-dealkylation sites (N-methyl/N-ethyl adjacent to an activating group) is 1. The molecule has 0 saturated carbocycles. The first-order chi connectivity index (χ1) is 14.6. The number of alkyl halides is 3. The van der Waals surface area contributed by atoms with Crippen LogP contribution < -0.4 is 5.32 Å². The molecule has 0 aliphatic carbocycles. The fourth-order valence-electron chi connectivity index (χ4n) is 2.70. The maximum Gasteiger partial charge on any atom is 0.435 e. The Hall–Kier alpha value is -3.83. The third-order valence-corrected chi connectivity index (χ3v) is 4.12. The van der Waals surface area contributed by atoms with E-state index in [9.17, 15) is 27.2 Å². The zero-order chi connectivity index (χ0) is 22.8. The van der Waals surface area contributed by atoms with Gasteiger partial charge in [-0.3, -0.25) is 9.59 Å². The molecule has 0 spiro atoms. The average molecular weight is 436 g/mol. The summed E-state index contributed by atoms with van der Waals surface area (Å²) in [7, 11) is 1.16. The van der Waals surface area contributed by atoms with Crippen LogP contribution in [-0.2, 0) is 11.0 Å². The molecule has 0 unspecified atom stereocenters. The van der Waals surface area contributed by atoms with Gasteiger partial charge in [0.1, 0.15) is 11.6 Å². The SMILES string of the molecule is Cc1ccnc(NC(=O)CN(C)C(=O)c2nnn(-c3ccc(F)cc3)c2C(F)(F)F)c1. The minimum absolute atomic E-state index is 0.133. The van der Waals surface area contributed by atoms with E-state index >= 15 is 0 Å². The van der Waals surface area contributed by atoms with E-state index in [1.165, 1.54) is 6.20 Å². The Morgan fingerprint density at radius 2 is 1.84 bits per heavy atom. The van der Waals surface area contributed by atoms with Crippen LogP contribution in [0.5, 0.6) is 0 Å². The number of benzene rings is 1. The van der Waals surface area contributed by atoms with Crippen molar-refractivity contribution in [3.8, 4) is 5.69 Å². The molecule has 0 atom stereocenters. The number of carbonyl (C=O) groups is 2. The van der Waals surface area contributed by atoms with Crippen molar-refractivity contribution >= 4 is 17.6 Å². The Morgan fingerprint density at radius 1 is 1.16 bits per heavy atom. The van der Waals surface area contributed by atoms with Gasteiger partial charge in [0.2, 0.25) is 5.91 Å². The lowest BCUT2D eigenvalue weighted by Gasteiger charge is -2.17. The van der Waals surface area contributed by atoms with Crippen molar-refractivity contribution in [3.05, 3.63) is 65.4 Å². The second-order valence-corrected chi connectivity index (χ2v) is 6.60. The number of rotatable bonds is 5. The number of amides is 2. The minimum Gasteiger partial charge on any atom is -0.331 e. The summed E-state index contributed by atoms with van der Waals surface area (Å²) in [5, 5.41) is 9.24. The van der Waals surface area contributed by atoms with Gasteiger partial charge in [-0.25, -0.2) is 14.1 Å². The molecule has 0 saturated heterocycles. The highest BCUT2D eigenvalue weighted by Gasteiger charge is 2.42. The van der Waals surface area contributed by atoms with Gasteiger partial charge in [-0.05, 0) is 48.9 Å². The molecule has 1 N–H and O–H groups in total. The Balaban J connectivity index is 1.83.